The van der Waals surface area contributed by atoms with Crippen molar-refractivity contribution in [2.24, 2.45) is 23.5 Å². The Bertz CT molecular complexity index is 757. The number of ether oxygens (including phenoxy) is 1. The van der Waals surface area contributed by atoms with Gasteiger partial charge in [0.2, 0.25) is 17.7 Å². The first-order valence-electron chi connectivity index (χ1n) is 12.3. The summed E-state index contributed by atoms with van der Waals surface area (Å²) in [7, 11) is 0. The van der Waals surface area contributed by atoms with Gasteiger partial charge in [0.1, 0.15) is 17.7 Å². The number of hydrogen-bond acceptors (Lipinski definition) is 6. The summed E-state index contributed by atoms with van der Waals surface area (Å²) in [5.74, 6) is -2.67. The van der Waals surface area contributed by atoms with Crippen molar-refractivity contribution in [3.05, 3.63) is 0 Å². The van der Waals surface area contributed by atoms with Crippen LogP contribution in [0.25, 0.3) is 0 Å². The van der Waals surface area contributed by atoms with Gasteiger partial charge in [-0.1, -0.05) is 20.3 Å². The number of nitrogens with one attached hydrogen (secondary N) is 3. The second-order valence-electron chi connectivity index (χ2n) is 10.4. The molecule has 200 valence electrons. The molecule has 0 spiro atoms. The molecule has 1 rings (SSSR count). The molecule has 1 fully saturated rings. The Morgan fingerprint density at radius 2 is 1.66 bits per heavy atom. The van der Waals surface area contributed by atoms with Crippen LogP contribution in [0.1, 0.15) is 79.6 Å². The molecular formula is C24H42N4O7. The number of rotatable bonds is 12. The van der Waals surface area contributed by atoms with Crippen molar-refractivity contribution in [1.82, 2.24) is 16.0 Å². The van der Waals surface area contributed by atoms with Crippen molar-refractivity contribution in [2.75, 3.05) is 6.54 Å². The molecule has 3 atom stereocenters. The number of primary amides is 1. The predicted molar refractivity (Wildman–Crippen MR) is 129 cm³/mol. The van der Waals surface area contributed by atoms with E-state index in [1.54, 1.807) is 20.8 Å². The molecular weight excluding hydrogens is 456 g/mol. The molecule has 0 aromatic carbocycles. The van der Waals surface area contributed by atoms with Gasteiger partial charge in [-0.3, -0.25) is 14.4 Å². The van der Waals surface area contributed by atoms with E-state index in [-0.39, 0.29) is 42.4 Å². The quantitative estimate of drug-likeness (QED) is 0.272. The Hall–Kier alpha value is -2.85. The van der Waals surface area contributed by atoms with Crippen LogP contribution < -0.4 is 21.7 Å². The fourth-order valence-corrected chi connectivity index (χ4v) is 3.95. The van der Waals surface area contributed by atoms with Crippen molar-refractivity contribution in [3.8, 4) is 0 Å². The number of nitrogens with two attached hydrogens (primary N) is 1. The molecule has 4 amide bonds. The molecule has 11 heteroatoms. The average molecular weight is 499 g/mol. The molecule has 0 aliphatic heterocycles. The zero-order valence-corrected chi connectivity index (χ0v) is 21.5. The summed E-state index contributed by atoms with van der Waals surface area (Å²) in [6.07, 6.45) is 2.43. The number of alkyl carbamates (subject to hydrolysis) is 1. The first-order chi connectivity index (χ1) is 16.2. The van der Waals surface area contributed by atoms with E-state index in [1.807, 2.05) is 13.8 Å². The maximum absolute atomic E-state index is 12.8. The Morgan fingerprint density at radius 3 is 2.14 bits per heavy atom. The van der Waals surface area contributed by atoms with Gasteiger partial charge in [0.15, 0.2) is 0 Å². The van der Waals surface area contributed by atoms with Crippen LogP contribution in [0, 0.1) is 17.8 Å². The minimum atomic E-state index is -1.20. The average Bonchev–Trinajstić information content (AvgIpc) is 2.76. The number of carboxylic acids is 1. The molecule has 0 bridgehead atoms. The van der Waals surface area contributed by atoms with Crippen LogP contribution >= 0.6 is 0 Å². The number of amides is 4. The van der Waals surface area contributed by atoms with Crippen LogP contribution in [0.15, 0.2) is 0 Å². The summed E-state index contributed by atoms with van der Waals surface area (Å²) < 4.78 is 5.28. The van der Waals surface area contributed by atoms with Crippen LogP contribution in [0.2, 0.25) is 0 Å². The lowest BCUT2D eigenvalue weighted by Crippen LogP contribution is -2.52. The van der Waals surface area contributed by atoms with Crippen LogP contribution in [0.4, 0.5) is 4.79 Å². The second-order valence-corrected chi connectivity index (χ2v) is 10.4. The third-order valence-corrected chi connectivity index (χ3v) is 6.24. The van der Waals surface area contributed by atoms with E-state index in [4.69, 9.17) is 10.5 Å². The van der Waals surface area contributed by atoms with Crippen LogP contribution in [0.5, 0.6) is 0 Å². The van der Waals surface area contributed by atoms with E-state index in [0.717, 1.165) is 0 Å². The maximum Gasteiger partial charge on any atom is 0.408 e. The lowest BCUT2D eigenvalue weighted by Gasteiger charge is -2.30. The number of carbonyl (C=O) groups is 5. The summed E-state index contributed by atoms with van der Waals surface area (Å²) in [6.45, 7) is 9.52. The van der Waals surface area contributed by atoms with Gasteiger partial charge in [0.25, 0.3) is 0 Å². The Labute approximate surface area is 207 Å². The summed E-state index contributed by atoms with van der Waals surface area (Å²) in [5, 5.41) is 17.4. The largest absolute Gasteiger partial charge is 0.480 e. The molecule has 0 radical (unpaired) electrons. The fourth-order valence-electron chi connectivity index (χ4n) is 3.95. The zero-order chi connectivity index (χ0) is 26.8. The third kappa shape index (κ3) is 11.4. The minimum absolute atomic E-state index is 0.0491. The summed E-state index contributed by atoms with van der Waals surface area (Å²) >= 11 is 0. The number of carbonyl (C=O) groups excluding carboxylic acids is 4. The SMILES string of the molecule is CC[C@H](C)[C@H](NC(=O)OC(C)(C)C)C(=O)NCC1CCC(C(=O)N[C@@H](CCC(N)=O)C(=O)O)CC1. The van der Waals surface area contributed by atoms with E-state index >= 15 is 0 Å². The standard InChI is InChI=1S/C24H42N4O7/c1-6-14(2)19(28-23(34)35-24(3,4)5)21(31)26-13-15-7-9-16(10-8-15)20(30)27-17(22(32)33)11-12-18(25)29/h14-17,19H,6-13H2,1-5H3,(H2,25,29)(H,26,31)(H,27,30)(H,28,34)(H,32,33)/t14-,15?,16?,17-,19-/m0/s1. The van der Waals surface area contributed by atoms with Crippen LogP contribution in [-0.2, 0) is 23.9 Å². The highest BCUT2D eigenvalue weighted by Crippen LogP contribution is 2.29. The van der Waals surface area contributed by atoms with E-state index in [2.05, 4.69) is 16.0 Å². The minimum Gasteiger partial charge on any atom is -0.480 e. The van der Waals surface area contributed by atoms with Gasteiger partial charge >= 0.3 is 12.1 Å². The molecule has 0 saturated heterocycles. The van der Waals surface area contributed by atoms with Gasteiger partial charge in [-0.2, -0.15) is 0 Å². The van der Waals surface area contributed by atoms with Gasteiger partial charge in [0.05, 0.1) is 0 Å². The number of carboxylic acid groups (broad SMARTS) is 1. The highest BCUT2D eigenvalue weighted by atomic mass is 16.6. The van der Waals surface area contributed by atoms with Crippen molar-refractivity contribution >= 4 is 29.8 Å². The summed E-state index contributed by atoms with van der Waals surface area (Å²) in [6, 6.07) is -1.87. The second kappa shape index (κ2) is 13.9. The van der Waals surface area contributed by atoms with Gasteiger partial charge in [0, 0.05) is 18.9 Å². The number of aliphatic carboxylic acids is 1. The molecule has 0 aromatic rings. The summed E-state index contributed by atoms with van der Waals surface area (Å²) in [4.78, 5) is 59.8. The molecule has 0 unspecified atom stereocenters. The molecule has 35 heavy (non-hydrogen) atoms. The highest BCUT2D eigenvalue weighted by molar-refractivity contribution is 5.86. The molecule has 11 nitrogen and oxygen atoms in total. The maximum atomic E-state index is 12.8. The van der Waals surface area contributed by atoms with Crippen molar-refractivity contribution < 1.29 is 33.8 Å². The van der Waals surface area contributed by atoms with Gasteiger partial charge in [-0.05, 0) is 64.7 Å². The van der Waals surface area contributed by atoms with Crippen molar-refractivity contribution in [1.29, 1.82) is 0 Å². The zero-order valence-electron chi connectivity index (χ0n) is 21.5. The molecule has 0 heterocycles. The van der Waals surface area contributed by atoms with Gasteiger partial charge in [-0.15, -0.1) is 0 Å². The van der Waals surface area contributed by atoms with E-state index in [0.29, 0.717) is 38.6 Å². The van der Waals surface area contributed by atoms with Crippen LogP contribution in [-0.4, -0.2) is 59.1 Å². The van der Waals surface area contributed by atoms with Crippen LogP contribution in [0.3, 0.4) is 0 Å². The lowest BCUT2D eigenvalue weighted by atomic mass is 9.81. The first kappa shape index (κ1) is 30.2. The number of hydrogen-bond donors (Lipinski definition) is 5. The smallest absolute Gasteiger partial charge is 0.408 e. The normalized spacial score (nSPS) is 20.6. The third-order valence-electron chi connectivity index (χ3n) is 6.24. The van der Waals surface area contributed by atoms with E-state index < -0.39 is 35.7 Å². The lowest BCUT2D eigenvalue weighted by molar-refractivity contribution is -0.143. The molecule has 1 saturated carbocycles. The summed E-state index contributed by atoms with van der Waals surface area (Å²) in [5.41, 5.74) is 4.40. The Morgan fingerprint density at radius 1 is 1.06 bits per heavy atom. The van der Waals surface area contributed by atoms with Gasteiger partial charge in [-0.25, -0.2) is 9.59 Å². The van der Waals surface area contributed by atoms with Crippen molar-refractivity contribution in [3.63, 3.8) is 0 Å². The van der Waals surface area contributed by atoms with Gasteiger partial charge < -0.3 is 31.5 Å². The topological polar surface area (TPSA) is 177 Å². The Balaban J connectivity index is 2.54. The van der Waals surface area contributed by atoms with E-state index in [1.165, 1.54) is 0 Å². The predicted octanol–water partition coefficient (Wildman–Crippen LogP) is 1.68. The van der Waals surface area contributed by atoms with Crippen molar-refractivity contribution in [2.45, 2.75) is 97.2 Å². The molecule has 0 aromatic heterocycles. The highest BCUT2D eigenvalue weighted by Gasteiger charge is 2.31. The molecule has 6 N–H and O–H groups in total. The first-order valence-corrected chi connectivity index (χ1v) is 12.3. The Kier molecular flexibility index (Phi) is 12.0. The fraction of sp³-hybridized carbons (Fsp3) is 0.792. The van der Waals surface area contributed by atoms with E-state index in [9.17, 15) is 29.1 Å². The molecule has 1 aliphatic rings. The molecule has 1 aliphatic carbocycles. The monoisotopic (exact) mass is 498 g/mol.